The van der Waals surface area contributed by atoms with Crippen LogP contribution in [-0.4, -0.2) is 9.91 Å². The molecule has 0 saturated carbocycles. The van der Waals surface area contributed by atoms with Gasteiger partial charge in [-0.05, 0) is 35.9 Å². The number of rotatable bonds is 4. The smallest absolute Gasteiger partial charge is 0.283 e. The molecular weight excluding hydrogens is 414 g/mol. The molecule has 0 aliphatic rings. The third kappa shape index (κ3) is 3.92. The summed E-state index contributed by atoms with van der Waals surface area (Å²) >= 11 is 7.02. The van der Waals surface area contributed by atoms with Gasteiger partial charge in [-0.25, -0.2) is 0 Å². The number of pyridine rings is 1. The van der Waals surface area contributed by atoms with Crippen LogP contribution in [0.4, 0.5) is 11.5 Å². The van der Waals surface area contributed by atoms with Gasteiger partial charge in [-0.1, -0.05) is 29.4 Å². The molecule has 0 bridgehead atoms. The Bertz CT molecular complexity index is 1270. The number of aromatic amines is 1. The van der Waals surface area contributed by atoms with E-state index in [2.05, 4.69) is 4.98 Å². The van der Waals surface area contributed by atoms with Gasteiger partial charge in [0.15, 0.2) is 0 Å². The number of H-pyrrole nitrogens is 1. The normalized spacial score (nSPS) is 10.2. The molecule has 1 aromatic heterocycles. The SMILES string of the molecule is N#Cc1c(N)[nH]c(=O)c(C#N)c1-c1ccc(Sc2ccc(Cl)cc2)c([N+](=O)[O-])c1. The molecular formula is C19H10ClN5O3S. The molecule has 142 valence electrons. The van der Waals surface area contributed by atoms with Gasteiger partial charge >= 0.3 is 0 Å². The molecule has 0 unspecified atom stereocenters. The maximum atomic E-state index is 12.1. The number of nitriles is 2. The number of nitrogens with two attached hydrogens (primary N) is 1. The Morgan fingerprint density at radius 2 is 1.76 bits per heavy atom. The Labute approximate surface area is 173 Å². The summed E-state index contributed by atoms with van der Waals surface area (Å²) in [5, 5.41) is 30.9. The fraction of sp³-hybridized carbons (Fsp3) is 0. The van der Waals surface area contributed by atoms with Crippen molar-refractivity contribution in [2.45, 2.75) is 9.79 Å². The lowest BCUT2D eigenvalue weighted by Crippen LogP contribution is -2.16. The molecule has 0 atom stereocenters. The summed E-state index contributed by atoms with van der Waals surface area (Å²) in [6.45, 7) is 0. The van der Waals surface area contributed by atoms with Crippen LogP contribution in [0.5, 0.6) is 0 Å². The van der Waals surface area contributed by atoms with Crippen LogP contribution >= 0.6 is 23.4 Å². The molecule has 1 heterocycles. The van der Waals surface area contributed by atoms with E-state index < -0.39 is 10.5 Å². The summed E-state index contributed by atoms with van der Waals surface area (Å²) < 4.78 is 0. The summed E-state index contributed by atoms with van der Waals surface area (Å²) in [5.74, 6) is -0.214. The average molecular weight is 424 g/mol. The summed E-state index contributed by atoms with van der Waals surface area (Å²) in [7, 11) is 0. The van der Waals surface area contributed by atoms with Crippen LogP contribution in [0.15, 0.2) is 57.1 Å². The molecule has 3 N–H and O–H groups in total. The van der Waals surface area contributed by atoms with Crippen LogP contribution in [-0.2, 0) is 0 Å². The van der Waals surface area contributed by atoms with Crippen LogP contribution in [0.25, 0.3) is 11.1 Å². The number of nitrogens with zero attached hydrogens (tertiary/aromatic N) is 3. The van der Waals surface area contributed by atoms with Crippen molar-refractivity contribution in [2.75, 3.05) is 5.73 Å². The number of hydrogen-bond donors (Lipinski definition) is 2. The summed E-state index contributed by atoms with van der Waals surface area (Å²) in [6.07, 6.45) is 0. The average Bonchev–Trinajstić information content (AvgIpc) is 2.69. The van der Waals surface area contributed by atoms with Crippen molar-refractivity contribution in [2.24, 2.45) is 0 Å². The Morgan fingerprint density at radius 1 is 1.10 bits per heavy atom. The highest BCUT2D eigenvalue weighted by Gasteiger charge is 2.22. The molecule has 3 aromatic rings. The minimum Gasteiger partial charge on any atom is -0.384 e. The summed E-state index contributed by atoms with van der Waals surface area (Å²) in [4.78, 5) is 26.5. The van der Waals surface area contributed by atoms with Crippen molar-refractivity contribution in [1.29, 1.82) is 10.5 Å². The van der Waals surface area contributed by atoms with E-state index in [1.165, 1.54) is 18.2 Å². The fourth-order valence-corrected chi connectivity index (χ4v) is 3.69. The van der Waals surface area contributed by atoms with Gasteiger partial charge in [0, 0.05) is 21.5 Å². The van der Waals surface area contributed by atoms with Crippen LogP contribution in [0.3, 0.4) is 0 Å². The zero-order chi connectivity index (χ0) is 21.1. The number of anilines is 1. The van der Waals surface area contributed by atoms with Crippen molar-refractivity contribution < 1.29 is 4.92 Å². The number of halogens is 1. The molecule has 8 nitrogen and oxygen atoms in total. The molecule has 0 saturated heterocycles. The summed E-state index contributed by atoms with van der Waals surface area (Å²) in [5.41, 5.74) is 4.34. The lowest BCUT2D eigenvalue weighted by atomic mass is 9.96. The third-order valence-corrected chi connectivity index (χ3v) is 5.28. The first kappa shape index (κ1) is 20.0. The fourth-order valence-electron chi connectivity index (χ4n) is 2.66. The Morgan fingerprint density at radius 3 is 2.34 bits per heavy atom. The zero-order valence-corrected chi connectivity index (χ0v) is 16.0. The largest absolute Gasteiger partial charge is 0.384 e. The van der Waals surface area contributed by atoms with E-state index in [1.807, 2.05) is 6.07 Å². The van der Waals surface area contributed by atoms with Crippen LogP contribution in [0, 0.1) is 32.8 Å². The Balaban J connectivity index is 2.19. The second-order valence-corrected chi connectivity index (χ2v) is 7.26. The lowest BCUT2D eigenvalue weighted by molar-refractivity contribution is -0.387. The van der Waals surface area contributed by atoms with Crippen molar-refractivity contribution in [3.8, 4) is 23.3 Å². The molecule has 0 aliphatic carbocycles. The molecule has 0 fully saturated rings. The predicted octanol–water partition coefficient (Wildman–Crippen LogP) is 4.08. The van der Waals surface area contributed by atoms with Crippen molar-refractivity contribution in [3.63, 3.8) is 0 Å². The number of nitro groups is 1. The predicted molar refractivity (Wildman–Crippen MR) is 109 cm³/mol. The lowest BCUT2D eigenvalue weighted by Gasteiger charge is -2.10. The van der Waals surface area contributed by atoms with E-state index in [9.17, 15) is 25.4 Å². The van der Waals surface area contributed by atoms with E-state index in [0.717, 1.165) is 16.7 Å². The van der Waals surface area contributed by atoms with Crippen molar-refractivity contribution in [1.82, 2.24) is 4.98 Å². The van der Waals surface area contributed by atoms with Gasteiger partial charge in [0.2, 0.25) is 0 Å². The van der Waals surface area contributed by atoms with Gasteiger partial charge in [-0.15, -0.1) is 0 Å². The molecule has 0 aliphatic heterocycles. The van der Waals surface area contributed by atoms with Crippen LogP contribution < -0.4 is 11.3 Å². The number of nitrogen functional groups attached to an aromatic ring is 1. The van der Waals surface area contributed by atoms with Crippen molar-refractivity contribution in [3.05, 3.63) is 79.1 Å². The topological polar surface area (TPSA) is 150 Å². The second kappa shape index (κ2) is 8.07. The standard InChI is InChI=1S/C19H10ClN5O3S/c20-11-2-4-12(5-3-11)29-16-6-1-10(7-15(16)25(27)28)17-13(8-21)18(23)24-19(26)14(17)9-22/h1-7H,(H3,23,24,26). The van der Waals surface area contributed by atoms with E-state index in [4.69, 9.17) is 17.3 Å². The molecule has 29 heavy (non-hydrogen) atoms. The van der Waals surface area contributed by atoms with E-state index in [-0.39, 0.29) is 33.8 Å². The quantitative estimate of drug-likeness (QED) is 0.474. The number of hydrogen-bond acceptors (Lipinski definition) is 7. The van der Waals surface area contributed by atoms with E-state index in [1.54, 1.807) is 30.3 Å². The summed E-state index contributed by atoms with van der Waals surface area (Å²) in [6, 6.07) is 14.6. The number of aromatic nitrogens is 1. The van der Waals surface area contributed by atoms with Gasteiger partial charge in [0.05, 0.1) is 9.82 Å². The molecule has 0 amide bonds. The first-order valence-corrected chi connectivity index (χ1v) is 9.13. The van der Waals surface area contributed by atoms with Crippen LogP contribution in [0.1, 0.15) is 11.1 Å². The molecule has 0 radical (unpaired) electrons. The number of nitrogens with one attached hydrogen (secondary N) is 1. The first-order valence-electron chi connectivity index (χ1n) is 7.94. The van der Waals surface area contributed by atoms with Gasteiger partial charge in [0.25, 0.3) is 11.2 Å². The highest BCUT2D eigenvalue weighted by Crippen LogP contribution is 2.39. The number of benzene rings is 2. The maximum Gasteiger partial charge on any atom is 0.283 e. The molecule has 3 rings (SSSR count). The van der Waals surface area contributed by atoms with E-state index in [0.29, 0.717) is 9.92 Å². The second-order valence-electron chi connectivity index (χ2n) is 5.71. The Kier molecular flexibility index (Phi) is 5.55. The zero-order valence-electron chi connectivity index (χ0n) is 14.5. The van der Waals surface area contributed by atoms with Crippen molar-refractivity contribution >= 4 is 34.9 Å². The number of nitro benzene ring substituents is 1. The molecule has 0 spiro atoms. The van der Waals surface area contributed by atoms with Gasteiger partial charge in [-0.2, -0.15) is 10.5 Å². The monoisotopic (exact) mass is 423 g/mol. The first-order chi connectivity index (χ1) is 13.8. The highest BCUT2D eigenvalue weighted by molar-refractivity contribution is 7.99. The minimum atomic E-state index is -0.777. The molecule has 10 heteroatoms. The highest BCUT2D eigenvalue weighted by atomic mass is 35.5. The van der Waals surface area contributed by atoms with E-state index >= 15 is 0 Å². The maximum absolute atomic E-state index is 12.1. The third-order valence-electron chi connectivity index (χ3n) is 3.95. The van der Waals surface area contributed by atoms with Gasteiger partial charge in [0.1, 0.15) is 29.1 Å². The van der Waals surface area contributed by atoms with Gasteiger partial charge < -0.3 is 10.7 Å². The Hall–Kier alpha value is -3.79. The van der Waals surface area contributed by atoms with Gasteiger partial charge in [-0.3, -0.25) is 14.9 Å². The molecule has 2 aromatic carbocycles. The van der Waals surface area contributed by atoms with Crippen LogP contribution in [0.2, 0.25) is 5.02 Å². The minimum absolute atomic E-state index is 0.0395.